The molecular formula is C19H19BrClNOS. The van der Waals surface area contributed by atoms with Crippen LogP contribution in [-0.2, 0) is 6.42 Å². The van der Waals surface area contributed by atoms with E-state index in [0.717, 1.165) is 16.5 Å². The lowest BCUT2D eigenvalue weighted by Crippen LogP contribution is -2.32. The molecule has 2 N–H and O–H groups in total. The standard InChI is InChI=1S/C19H19BrClNOS/c1-12(22-10-18(23)13-4-2-5-15(21)9-13)8-14-11-24-19-16(14)6-3-7-17(19)20/h2-7,9,11-12,18,22-23H,8,10H2,1H3. The maximum absolute atomic E-state index is 10.3. The average molecular weight is 425 g/mol. The Morgan fingerprint density at radius 2 is 2.04 bits per heavy atom. The van der Waals surface area contributed by atoms with E-state index in [2.05, 4.69) is 51.7 Å². The third kappa shape index (κ3) is 4.19. The zero-order valence-electron chi connectivity index (χ0n) is 13.3. The van der Waals surface area contributed by atoms with Crippen LogP contribution in [0, 0.1) is 0 Å². The van der Waals surface area contributed by atoms with Gasteiger partial charge in [0.05, 0.1) is 6.10 Å². The summed E-state index contributed by atoms with van der Waals surface area (Å²) < 4.78 is 2.44. The summed E-state index contributed by atoms with van der Waals surface area (Å²) in [6.07, 6.45) is 0.373. The maximum Gasteiger partial charge on any atom is 0.0914 e. The fourth-order valence-corrected chi connectivity index (χ4v) is 4.61. The summed E-state index contributed by atoms with van der Waals surface area (Å²) in [6.45, 7) is 2.65. The molecule has 3 rings (SSSR count). The first kappa shape index (κ1) is 17.9. The largest absolute Gasteiger partial charge is 0.387 e. The second kappa shape index (κ2) is 7.98. The van der Waals surface area contributed by atoms with Crippen LogP contribution in [-0.4, -0.2) is 17.7 Å². The van der Waals surface area contributed by atoms with Gasteiger partial charge in [0.15, 0.2) is 0 Å². The Morgan fingerprint density at radius 3 is 2.83 bits per heavy atom. The van der Waals surface area contributed by atoms with Crippen LogP contribution in [0.1, 0.15) is 24.2 Å². The lowest BCUT2D eigenvalue weighted by atomic mass is 10.1. The third-order valence-corrected chi connectivity index (χ3v) is 6.29. The highest BCUT2D eigenvalue weighted by Crippen LogP contribution is 2.32. The van der Waals surface area contributed by atoms with Gasteiger partial charge in [-0.3, -0.25) is 0 Å². The predicted octanol–water partition coefficient (Wildman–Crippen LogP) is 5.57. The Kier molecular flexibility index (Phi) is 5.95. The molecule has 0 bridgehead atoms. The number of benzene rings is 2. The smallest absolute Gasteiger partial charge is 0.0914 e. The van der Waals surface area contributed by atoms with Crippen molar-refractivity contribution in [2.75, 3.05) is 6.54 Å². The van der Waals surface area contributed by atoms with Crippen molar-refractivity contribution >= 4 is 49.0 Å². The lowest BCUT2D eigenvalue weighted by Gasteiger charge is -2.17. The minimum absolute atomic E-state index is 0.274. The number of halogens is 2. The fourth-order valence-electron chi connectivity index (χ4n) is 2.78. The Labute approximate surface area is 159 Å². The molecule has 0 aliphatic heterocycles. The van der Waals surface area contributed by atoms with E-state index in [4.69, 9.17) is 11.6 Å². The van der Waals surface area contributed by atoms with Crippen molar-refractivity contribution in [2.24, 2.45) is 0 Å². The Bertz CT molecular complexity index is 835. The highest BCUT2D eigenvalue weighted by molar-refractivity contribution is 9.10. The van der Waals surface area contributed by atoms with E-state index >= 15 is 0 Å². The van der Waals surface area contributed by atoms with Crippen molar-refractivity contribution in [1.29, 1.82) is 0 Å². The van der Waals surface area contributed by atoms with Gasteiger partial charge in [0.2, 0.25) is 0 Å². The summed E-state index contributed by atoms with van der Waals surface area (Å²) in [4.78, 5) is 0. The molecule has 0 fully saturated rings. The van der Waals surface area contributed by atoms with Crippen molar-refractivity contribution < 1.29 is 5.11 Å². The molecule has 3 aromatic rings. The summed E-state index contributed by atoms with van der Waals surface area (Å²) in [6, 6.07) is 14.0. The predicted molar refractivity (Wildman–Crippen MR) is 107 cm³/mol. The number of aliphatic hydroxyl groups is 1. The molecule has 0 saturated heterocycles. The molecule has 2 nitrogen and oxygen atoms in total. The average Bonchev–Trinajstić information content (AvgIpc) is 2.97. The van der Waals surface area contributed by atoms with Gasteiger partial charge in [0, 0.05) is 26.8 Å². The van der Waals surface area contributed by atoms with Crippen LogP contribution in [0.3, 0.4) is 0 Å². The van der Waals surface area contributed by atoms with E-state index in [1.54, 1.807) is 11.3 Å². The molecule has 1 heterocycles. The Morgan fingerprint density at radius 1 is 1.25 bits per heavy atom. The number of fused-ring (bicyclic) bond motifs is 1. The van der Waals surface area contributed by atoms with Crippen molar-refractivity contribution in [1.82, 2.24) is 5.32 Å². The molecule has 0 radical (unpaired) electrons. The zero-order valence-corrected chi connectivity index (χ0v) is 16.5. The first-order valence-electron chi connectivity index (χ1n) is 7.86. The number of hydrogen-bond acceptors (Lipinski definition) is 3. The topological polar surface area (TPSA) is 32.3 Å². The second-order valence-corrected chi connectivity index (χ2v) is 8.13. The van der Waals surface area contributed by atoms with Crippen molar-refractivity contribution in [2.45, 2.75) is 25.5 Å². The molecule has 126 valence electrons. The zero-order chi connectivity index (χ0) is 17.1. The van der Waals surface area contributed by atoms with E-state index in [0.29, 0.717) is 11.6 Å². The lowest BCUT2D eigenvalue weighted by molar-refractivity contribution is 0.170. The van der Waals surface area contributed by atoms with Gasteiger partial charge in [-0.1, -0.05) is 35.9 Å². The van der Waals surface area contributed by atoms with E-state index in [9.17, 15) is 5.11 Å². The number of hydrogen-bond donors (Lipinski definition) is 2. The molecule has 0 saturated carbocycles. The van der Waals surface area contributed by atoms with Gasteiger partial charge in [0.1, 0.15) is 0 Å². The molecular weight excluding hydrogens is 406 g/mol. The van der Waals surface area contributed by atoms with Gasteiger partial charge in [-0.2, -0.15) is 0 Å². The van der Waals surface area contributed by atoms with E-state index in [1.165, 1.54) is 15.6 Å². The second-order valence-electron chi connectivity index (χ2n) is 5.96. The van der Waals surface area contributed by atoms with Crippen molar-refractivity contribution in [3.8, 4) is 0 Å². The summed E-state index contributed by atoms with van der Waals surface area (Å²) in [5.74, 6) is 0. The van der Waals surface area contributed by atoms with Gasteiger partial charge in [-0.25, -0.2) is 0 Å². The van der Waals surface area contributed by atoms with Gasteiger partial charge in [0.25, 0.3) is 0 Å². The summed E-state index contributed by atoms with van der Waals surface area (Å²) in [5.41, 5.74) is 2.18. The van der Waals surface area contributed by atoms with Gasteiger partial charge >= 0.3 is 0 Å². The van der Waals surface area contributed by atoms with Gasteiger partial charge in [-0.05, 0) is 69.4 Å². The Hall–Kier alpha value is -0.910. The highest BCUT2D eigenvalue weighted by atomic mass is 79.9. The van der Waals surface area contributed by atoms with Crippen LogP contribution >= 0.6 is 38.9 Å². The SMILES string of the molecule is CC(Cc1csc2c(Br)cccc12)NCC(O)c1cccc(Cl)c1. The van der Waals surface area contributed by atoms with Crippen molar-refractivity contribution in [3.05, 3.63) is 68.5 Å². The number of thiophene rings is 1. The maximum atomic E-state index is 10.3. The molecule has 1 aromatic heterocycles. The van der Waals surface area contributed by atoms with Crippen LogP contribution in [0.2, 0.25) is 5.02 Å². The first-order valence-corrected chi connectivity index (χ1v) is 9.91. The molecule has 0 amide bonds. The van der Waals surface area contributed by atoms with Gasteiger partial charge < -0.3 is 10.4 Å². The molecule has 0 spiro atoms. The fraction of sp³-hybridized carbons (Fsp3) is 0.263. The van der Waals surface area contributed by atoms with Crippen LogP contribution in [0.4, 0.5) is 0 Å². The molecule has 0 aliphatic carbocycles. The summed E-state index contributed by atoms with van der Waals surface area (Å²) >= 11 is 11.4. The molecule has 2 atom stereocenters. The highest BCUT2D eigenvalue weighted by Gasteiger charge is 2.13. The monoisotopic (exact) mass is 423 g/mol. The Balaban J connectivity index is 1.61. The van der Waals surface area contributed by atoms with Crippen LogP contribution in [0.5, 0.6) is 0 Å². The molecule has 24 heavy (non-hydrogen) atoms. The number of rotatable bonds is 6. The molecule has 5 heteroatoms. The van der Waals surface area contributed by atoms with E-state index in [-0.39, 0.29) is 6.04 Å². The normalized spacial score (nSPS) is 14.0. The van der Waals surface area contributed by atoms with E-state index < -0.39 is 6.10 Å². The summed E-state index contributed by atoms with van der Waals surface area (Å²) in [7, 11) is 0. The minimum atomic E-state index is -0.556. The molecule has 2 aromatic carbocycles. The van der Waals surface area contributed by atoms with Crippen LogP contribution in [0.15, 0.2) is 52.3 Å². The van der Waals surface area contributed by atoms with Crippen LogP contribution in [0.25, 0.3) is 10.1 Å². The number of nitrogens with one attached hydrogen (secondary N) is 1. The van der Waals surface area contributed by atoms with E-state index in [1.807, 2.05) is 24.3 Å². The minimum Gasteiger partial charge on any atom is -0.387 e. The van der Waals surface area contributed by atoms with Gasteiger partial charge in [-0.15, -0.1) is 11.3 Å². The molecule has 0 aliphatic rings. The molecule has 2 unspecified atom stereocenters. The first-order chi connectivity index (χ1) is 11.5. The summed E-state index contributed by atoms with van der Waals surface area (Å²) in [5, 5.41) is 17.9. The third-order valence-electron chi connectivity index (χ3n) is 4.05. The number of aliphatic hydroxyl groups excluding tert-OH is 1. The van der Waals surface area contributed by atoms with Crippen molar-refractivity contribution in [3.63, 3.8) is 0 Å². The quantitative estimate of drug-likeness (QED) is 0.542. The van der Waals surface area contributed by atoms with Crippen LogP contribution < -0.4 is 5.32 Å².